The third-order valence-corrected chi connectivity index (χ3v) is 3.01. The van der Waals surface area contributed by atoms with Crippen LogP contribution < -0.4 is 4.90 Å². The molecule has 1 rings (SSSR count). The van der Waals surface area contributed by atoms with Gasteiger partial charge in [0.2, 0.25) is 0 Å². The van der Waals surface area contributed by atoms with Gasteiger partial charge < -0.3 is 4.90 Å². The van der Waals surface area contributed by atoms with E-state index in [1.54, 1.807) is 0 Å². The van der Waals surface area contributed by atoms with Crippen LogP contribution in [0.1, 0.15) is 0 Å². The minimum absolute atomic E-state index is 0.00696. The quantitative estimate of drug-likeness (QED) is 0.724. The van der Waals surface area contributed by atoms with Gasteiger partial charge in [-0.25, -0.2) is 4.57 Å². The van der Waals surface area contributed by atoms with Crippen LogP contribution >= 0.6 is 7.91 Å². The summed E-state index contributed by atoms with van der Waals surface area (Å²) in [6.45, 7) is 0.439. The Morgan fingerprint density at radius 1 is 1.38 bits per heavy atom. The lowest BCUT2D eigenvalue weighted by Crippen LogP contribution is -2.21. The molecule has 1 atom stereocenters. The molecule has 0 radical (unpaired) electrons. The standard InChI is InChI=1S/C10H15FNO3P/c1-12(10-6-4-3-5-7-10)8-9-15-16(11,13)14-2/h3-7H,8-9H2,1-2H3. The molecule has 0 saturated heterocycles. The second-order valence-corrected chi connectivity index (χ2v) is 4.69. The molecule has 0 N–H and O–H groups in total. The van der Waals surface area contributed by atoms with Gasteiger partial charge in [0.05, 0.1) is 6.61 Å². The molecule has 1 aromatic carbocycles. The van der Waals surface area contributed by atoms with E-state index in [0.717, 1.165) is 12.8 Å². The lowest BCUT2D eigenvalue weighted by molar-refractivity contribution is 0.205. The molecule has 0 aliphatic rings. The highest BCUT2D eigenvalue weighted by atomic mass is 31.2. The lowest BCUT2D eigenvalue weighted by Gasteiger charge is -2.19. The predicted octanol–water partition coefficient (Wildman–Crippen LogP) is 2.86. The number of hydrogen-bond donors (Lipinski definition) is 0. The van der Waals surface area contributed by atoms with Gasteiger partial charge in [-0.05, 0) is 12.1 Å². The molecule has 1 unspecified atom stereocenters. The van der Waals surface area contributed by atoms with Gasteiger partial charge in [-0.2, -0.15) is 0 Å². The molecule has 90 valence electrons. The lowest BCUT2D eigenvalue weighted by atomic mass is 10.3. The fraction of sp³-hybridized carbons (Fsp3) is 0.400. The van der Waals surface area contributed by atoms with Gasteiger partial charge in [-0.15, -0.1) is 4.20 Å². The van der Waals surface area contributed by atoms with Crippen LogP contribution in [0, 0.1) is 0 Å². The molecular weight excluding hydrogens is 232 g/mol. The number of halogens is 1. The van der Waals surface area contributed by atoms with Crippen LogP contribution in [-0.4, -0.2) is 27.3 Å². The number of likely N-dealkylation sites (N-methyl/N-ethyl adjacent to an activating group) is 1. The molecule has 0 aliphatic carbocycles. The first-order chi connectivity index (χ1) is 7.55. The number of rotatable bonds is 6. The SMILES string of the molecule is COP(=O)(F)OCCN(C)c1ccccc1. The number of anilines is 1. The summed E-state index contributed by atoms with van der Waals surface area (Å²) in [4.78, 5) is 1.87. The molecule has 1 aromatic rings. The highest BCUT2D eigenvalue weighted by molar-refractivity contribution is 7.48. The van der Waals surface area contributed by atoms with E-state index >= 15 is 0 Å². The van der Waals surface area contributed by atoms with Crippen molar-refractivity contribution in [3.05, 3.63) is 30.3 Å². The maximum atomic E-state index is 12.8. The first-order valence-electron chi connectivity index (χ1n) is 4.81. The Balaban J connectivity index is 2.37. The first kappa shape index (κ1) is 13.2. The van der Waals surface area contributed by atoms with Gasteiger partial charge >= 0.3 is 7.91 Å². The molecule has 4 nitrogen and oxygen atoms in total. The Kier molecular flexibility index (Phi) is 4.93. The van der Waals surface area contributed by atoms with E-state index in [0.29, 0.717) is 6.54 Å². The fourth-order valence-corrected chi connectivity index (χ4v) is 1.56. The second kappa shape index (κ2) is 5.99. The molecule has 0 spiro atoms. The van der Waals surface area contributed by atoms with Gasteiger partial charge in [0.15, 0.2) is 0 Å². The van der Waals surface area contributed by atoms with Crippen molar-refractivity contribution in [2.75, 3.05) is 32.2 Å². The molecule has 0 fully saturated rings. The van der Waals surface area contributed by atoms with E-state index < -0.39 is 7.91 Å². The number of nitrogens with zero attached hydrogens (tertiary/aromatic N) is 1. The van der Waals surface area contributed by atoms with Crippen LogP contribution in [0.3, 0.4) is 0 Å². The average Bonchev–Trinajstić information content (AvgIpc) is 2.30. The Labute approximate surface area is 94.6 Å². The van der Waals surface area contributed by atoms with E-state index in [4.69, 9.17) is 0 Å². The van der Waals surface area contributed by atoms with Crippen LogP contribution in [0.15, 0.2) is 30.3 Å². The molecular formula is C10H15FNO3P. The number of benzene rings is 1. The minimum Gasteiger partial charge on any atom is -0.372 e. The Morgan fingerprint density at radius 2 is 2.00 bits per heavy atom. The van der Waals surface area contributed by atoms with E-state index in [9.17, 15) is 8.76 Å². The predicted molar refractivity (Wildman–Crippen MR) is 61.4 cm³/mol. The molecule has 0 aromatic heterocycles. The molecule has 0 amide bonds. The summed E-state index contributed by atoms with van der Waals surface area (Å²) in [5.41, 5.74) is 0.984. The maximum absolute atomic E-state index is 12.8. The fourth-order valence-electron chi connectivity index (χ4n) is 1.15. The highest BCUT2D eigenvalue weighted by Crippen LogP contribution is 2.48. The van der Waals surface area contributed by atoms with Gasteiger partial charge in [-0.3, -0.25) is 9.05 Å². The van der Waals surface area contributed by atoms with E-state index in [-0.39, 0.29) is 6.61 Å². The summed E-state index contributed by atoms with van der Waals surface area (Å²) in [5.74, 6) is 0. The largest absolute Gasteiger partial charge is 0.512 e. The first-order valence-corrected chi connectivity index (χ1v) is 6.24. The molecule has 16 heavy (non-hydrogen) atoms. The summed E-state index contributed by atoms with van der Waals surface area (Å²) in [5, 5.41) is 0. The van der Waals surface area contributed by atoms with E-state index in [1.165, 1.54) is 0 Å². The zero-order chi connectivity index (χ0) is 12.0. The summed E-state index contributed by atoms with van der Waals surface area (Å²) in [7, 11) is -1.49. The van der Waals surface area contributed by atoms with Crippen LogP contribution in [0.25, 0.3) is 0 Å². The molecule has 0 bridgehead atoms. The van der Waals surface area contributed by atoms with Gasteiger partial charge in [0.1, 0.15) is 0 Å². The Morgan fingerprint density at radius 3 is 2.56 bits per heavy atom. The molecule has 0 saturated carbocycles. The minimum atomic E-state index is -4.35. The van der Waals surface area contributed by atoms with Crippen molar-refractivity contribution in [2.45, 2.75) is 0 Å². The summed E-state index contributed by atoms with van der Waals surface area (Å²) >= 11 is 0. The van der Waals surface area contributed by atoms with Gasteiger partial charge in [0.25, 0.3) is 0 Å². The topological polar surface area (TPSA) is 38.8 Å². The Bertz CT molecular complexity index is 360. The van der Waals surface area contributed by atoms with Crippen molar-refractivity contribution in [1.29, 1.82) is 0 Å². The Hall–Kier alpha value is -0.900. The summed E-state index contributed by atoms with van der Waals surface area (Å²) in [6, 6.07) is 9.56. The van der Waals surface area contributed by atoms with E-state index in [1.807, 2.05) is 42.3 Å². The van der Waals surface area contributed by atoms with Crippen molar-refractivity contribution in [1.82, 2.24) is 0 Å². The van der Waals surface area contributed by atoms with Gasteiger partial charge in [0, 0.05) is 26.4 Å². The van der Waals surface area contributed by atoms with E-state index in [2.05, 4.69) is 9.05 Å². The van der Waals surface area contributed by atoms with Crippen LogP contribution in [0.5, 0.6) is 0 Å². The zero-order valence-corrected chi connectivity index (χ0v) is 10.2. The average molecular weight is 247 g/mol. The molecule has 0 aliphatic heterocycles. The normalized spacial score (nSPS) is 14.4. The van der Waals surface area contributed by atoms with Crippen LogP contribution in [-0.2, 0) is 13.6 Å². The van der Waals surface area contributed by atoms with Crippen molar-refractivity contribution in [3.8, 4) is 0 Å². The van der Waals surface area contributed by atoms with Crippen molar-refractivity contribution < 1.29 is 17.8 Å². The third-order valence-electron chi connectivity index (χ3n) is 2.09. The molecule has 0 heterocycles. The monoisotopic (exact) mass is 247 g/mol. The summed E-state index contributed by atoms with van der Waals surface area (Å²) in [6.07, 6.45) is 0. The number of hydrogen-bond acceptors (Lipinski definition) is 4. The second-order valence-electron chi connectivity index (χ2n) is 3.20. The van der Waals surface area contributed by atoms with Crippen molar-refractivity contribution in [2.24, 2.45) is 0 Å². The smallest absolute Gasteiger partial charge is 0.372 e. The summed E-state index contributed by atoms with van der Waals surface area (Å²) < 4.78 is 32.1. The van der Waals surface area contributed by atoms with Crippen molar-refractivity contribution >= 4 is 13.6 Å². The highest BCUT2D eigenvalue weighted by Gasteiger charge is 2.21. The number of para-hydroxylation sites is 1. The maximum Gasteiger partial charge on any atom is 0.512 e. The van der Waals surface area contributed by atoms with Crippen LogP contribution in [0.4, 0.5) is 9.88 Å². The van der Waals surface area contributed by atoms with Gasteiger partial charge in [-0.1, -0.05) is 18.2 Å². The zero-order valence-electron chi connectivity index (χ0n) is 9.30. The third kappa shape index (κ3) is 4.31. The molecule has 6 heteroatoms. The van der Waals surface area contributed by atoms with Crippen molar-refractivity contribution in [3.63, 3.8) is 0 Å². The van der Waals surface area contributed by atoms with Crippen LogP contribution in [0.2, 0.25) is 0 Å².